The van der Waals surface area contributed by atoms with Crippen LogP contribution >= 0.6 is 7.82 Å². The summed E-state index contributed by atoms with van der Waals surface area (Å²) < 4.78 is 45.7. The van der Waals surface area contributed by atoms with Gasteiger partial charge in [0.1, 0.15) is 11.5 Å². The van der Waals surface area contributed by atoms with Crippen LogP contribution in [-0.2, 0) is 32.7 Å². The molecule has 2 aromatic carbocycles. The molecule has 1 N–H and O–H groups in total. The second-order valence-electron chi connectivity index (χ2n) is 13.0. The highest BCUT2D eigenvalue weighted by atomic mass is 31.2. The highest BCUT2D eigenvalue weighted by molar-refractivity contribution is 7.48. The fourth-order valence-corrected chi connectivity index (χ4v) is 4.67. The van der Waals surface area contributed by atoms with E-state index in [1.54, 1.807) is 84.9 Å². The largest absolute Gasteiger partial charge is 0.535 e. The van der Waals surface area contributed by atoms with Crippen LogP contribution in [0.5, 0.6) is 11.5 Å². The molecule has 0 unspecified atom stereocenters. The predicted octanol–water partition coefficient (Wildman–Crippen LogP) is 8.60. The lowest BCUT2D eigenvalue weighted by atomic mass is 9.98. The Balaban J connectivity index is 2.07. The van der Waals surface area contributed by atoms with E-state index in [1.807, 2.05) is 0 Å². The van der Waals surface area contributed by atoms with Crippen LogP contribution in [0.2, 0.25) is 0 Å². The average Bonchev–Trinajstić information content (AvgIpc) is 2.97. The van der Waals surface area contributed by atoms with E-state index in [9.17, 15) is 18.9 Å². The van der Waals surface area contributed by atoms with Crippen LogP contribution in [0.3, 0.4) is 0 Å². The molecule has 0 aliphatic rings. The van der Waals surface area contributed by atoms with E-state index in [0.717, 1.165) is 12.8 Å². The number of aryl methyl sites for hydroxylation is 1. The van der Waals surface area contributed by atoms with E-state index >= 15 is 0 Å². The highest BCUT2D eigenvalue weighted by Gasteiger charge is 2.33. The first-order chi connectivity index (χ1) is 21.5. The molecule has 0 aliphatic carbocycles. The molecule has 0 bridgehead atoms. The summed E-state index contributed by atoms with van der Waals surface area (Å²) in [6.07, 6.45) is 7.05. The SMILES string of the molecule is CCCCCCCCOc1ccc(C(=O)Nc2ccc(C)c(OP(=O)(OCOC(=O)C(C)(C)C)OCOC(=O)C(C)(C)C)c2)cc1. The molecule has 0 spiro atoms. The first-order valence-corrected chi connectivity index (χ1v) is 17.1. The van der Waals surface area contributed by atoms with Gasteiger partial charge in [-0.15, -0.1) is 0 Å². The van der Waals surface area contributed by atoms with Crippen molar-refractivity contribution >= 4 is 31.4 Å². The molecule has 2 aromatic rings. The molecule has 0 heterocycles. The summed E-state index contributed by atoms with van der Waals surface area (Å²) in [5.41, 5.74) is -0.369. The minimum absolute atomic E-state index is 0.0591. The molecule has 0 fully saturated rings. The summed E-state index contributed by atoms with van der Waals surface area (Å²) >= 11 is 0. The summed E-state index contributed by atoms with van der Waals surface area (Å²) in [5.74, 6) is -0.832. The summed E-state index contributed by atoms with van der Waals surface area (Å²) in [5, 5.41) is 2.79. The van der Waals surface area contributed by atoms with Gasteiger partial charge in [0, 0.05) is 17.3 Å². The molecule has 0 atom stereocenters. The average molecular weight is 664 g/mol. The summed E-state index contributed by atoms with van der Waals surface area (Å²) in [4.78, 5) is 37.3. The highest BCUT2D eigenvalue weighted by Crippen LogP contribution is 2.50. The lowest BCUT2D eigenvalue weighted by molar-refractivity contribution is -0.162. The van der Waals surface area contributed by atoms with Crippen LogP contribution in [0.4, 0.5) is 5.69 Å². The molecule has 0 aliphatic heterocycles. The monoisotopic (exact) mass is 663 g/mol. The number of amides is 1. The van der Waals surface area contributed by atoms with Crippen LogP contribution in [0, 0.1) is 17.8 Å². The molecule has 0 saturated heterocycles. The van der Waals surface area contributed by atoms with Crippen LogP contribution in [0.15, 0.2) is 42.5 Å². The van der Waals surface area contributed by atoms with E-state index in [-0.39, 0.29) is 11.7 Å². The van der Waals surface area contributed by atoms with Crippen molar-refractivity contribution in [1.82, 2.24) is 0 Å². The van der Waals surface area contributed by atoms with Crippen LogP contribution < -0.4 is 14.6 Å². The smallest absolute Gasteiger partial charge is 0.494 e. The molecule has 256 valence electrons. The Morgan fingerprint density at radius 1 is 0.761 bits per heavy atom. The number of esters is 2. The first-order valence-electron chi connectivity index (χ1n) is 15.6. The van der Waals surface area contributed by atoms with Gasteiger partial charge in [-0.1, -0.05) is 45.1 Å². The maximum absolute atomic E-state index is 13.6. The number of carbonyl (C=O) groups excluding carboxylic acids is 3. The van der Waals surface area contributed by atoms with Gasteiger partial charge in [-0.3, -0.25) is 14.4 Å². The molecular formula is C34H50NO10P. The van der Waals surface area contributed by atoms with Crippen molar-refractivity contribution < 1.29 is 46.7 Å². The van der Waals surface area contributed by atoms with Gasteiger partial charge in [-0.25, -0.2) is 13.6 Å². The maximum atomic E-state index is 13.6. The van der Waals surface area contributed by atoms with Gasteiger partial charge in [0.2, 0.25) is 13.6 Å². The van der Waals surface area contributed by atoms with Gasteiger partial charge in [0.15, 0.2) is 0 Å². The van der Waals surface area contributed by atoms with Gasteiger partial charge >= 0.3 is 19.8 Å². The second kappa shape index (κ2) is 18.1. The van der Waals surface area contributed by atoms with Gasteiger partial charge in [0.05, 0.1) is 17.4 Å². The zero-order valence-electron chi connectivity index (χ0n) is 28.4. The molecule has 11 nitrogen and oxygen atoms in total. The number of ether oxygens (including phenoxy) is 3. The molecule has 0 saturated carbocycles. The van der Waals surface area contributed by atoms with Crippen molar-refractivity contribution in [3.63, 3.8) is 0 Å². The minimum atomic E-state index is -4.50. The van der Waals surface area contributed by atoms with Gasteiger partial charge in [0.25, 0.3) is 5.91 Å². The summed E-state index contributed by atoms with van der Waals surface area (Å²) in [6.45, 7) is 12.9. The predicted molar refractivity (Wildman–Crippen MR) is 176 cm³/mol. The maximum Gasteiger partial charge on any atom is 0.535 e. The lowest BCUT2D eigenvalue weighted by Crippen LogP contribution is -2.25. The number of anilines is 1. The van der Waals surface area contributed by atoms with Crippen molar-refractivity contribution in [2.24, 2.45) is 10.8 Å². The summed E-state index contributed by atoms with van der Waals surface area (Å²) in [6, 6.07) is 11.6. The normalized spacial score (nSPS) is 11.9. The van der Waals surface area contributed by atoms with Crippen molar-refractivity contribution in [2.45, 2.75) is 93.9 Å². The zero-order chi connectivity index (χ0) is 34.4. The fourth-order valence-electron chi connectivity index (χ4n) is 3.69. The Morgan fingerprint density at radius 3 is 1.85 bits per heavy atom. The molecule has 0 aromatic heterocycles. The van der Waals surface area contributed by atoms with Crippen molar-refractivity contribution in [2.75, 3.05) is 25.5 Å². The molecule has 46 heavy (non-hydrogen) atoms. The van der Waals surface area contributed by atoms with E-state index < -0.39 is 44.2 Å². The summed E-state index contributed by atoms with van der Waals surface area (Å²) in [7, 11) is -4.50. The molecular weight excluding hydrogens is 613 g/mol. The van der Waals surface area contributed by atoms with Gasteiger partial charge < -0.3 is 24.1 Å². The number of hydrogen-bond donors (Lipinski definition) is 1. The Kier molecular flexibility index (Phi) is 15.2. The van der Waals surface area contributed by atoms with Crippen molar-refractivity contribution in [1.29, 1.82) is 0 Å². The number of carbonyl (C=O) groups is 3. The Bertz CT molecular complexity index is 1290. The van der Waals surface area contributed by atoms with E-state index in [0.29, 0.717) is 29.2 Å². The van der Waals surface area contributed by atoms with E-state index in [4.69, 9.17) is 27.8 Å². The minimum Gasteiger partial charge on any atom is -0.494 e. The fraction of sp³-hybridized carbons (Fsp3) is 0.559. The van der Waals surface area contributed by atoms with Crippen molar-refractivity contribution in [3.05, 3.63) is 53.6 Å². The number of phosphoric acid groups is 1. The zero-order valence-corrected chi connectivity index (χ0v) is 29.3. The molecule has 0 radical (unpaired) electrons. The van der Waals surface area contributed by atoms with Gasteiger partial charge in [-0.2, -0.15) is 0 Å². The van der Waals surface area contributed by atoms with Crippen LogP contribution in [0.1, 0.15) is 103 Å². The van der Waals surface area contributed by atoms with Gasteiger partial charge in [-0.05, 0) is 90.8 Å². The quantitative estimate of drug-likeness (QED) is 0.0715. The molecule has 12 heteroatoms. The van der Waals surface area contributed by atoms with E-state index in [2.05, 4.69) is 12.2 Å². The number of unbranched alkanes of at least 4 members (excludes halogenated alkanes) is 5. The Hall–Kier alpha value is -3.40. The Morgan fingerprint density at radius 2 is 1.30 bits per heavy atom. The number of rotatable bonds is 18. The number of benzene rings is 2. The standard InChI is InChI=1S/C34H50NO10P/c1-9-10-11-12-13-14-21-40-28-19-16-26(17-20-28)30(36)35-27-18-15-25(2)29(22-27)45-46(39,43-23-41-31(37)33(3,4)5)44-24-42-32(38)34(6,7)8/h15-20,22H,9-14,21,23-24H2,1-8H3,(H,35,36). The molecule has 1 amide bonds. The number of hydrogen-bond acceptors (Lipinski definition) is 10. The van der Waals surface area contributed by atoms with E-state index in [1.165, 1.54) is 31.7 Å². The Labute approximate surface area is 273 Å². The first kappa shape index (κ1) is 38.8. The third-order valence-electron chi connectivity index (χ3n) is 6.57. The van der Waals surface area contributed by atoms with Crippen LogP contribution in [-0.4, -0.2) is 38.0 Å². The molecule has 2 rings (SSSR count). The van der Waals surface area contributed by atoms with Crippen LogP contribution in [0.25, 0.3) is 0 Å². The third kappa shape index (κ3) is 13.9. The van der Waals surface area contributed by atoms with Crippen molar-refractivity contribution in [3.8, 4) is 11.5 Å². The topological polar surface area (TPSA) is 136 Å². The number of nitrogens with one attached hydrogen (secondary N) is 1. The third-order valence-corrected chi connectivity index (χ3v) is 7.83. The second-order valence-corrected chi connectivity index (χ2v) is 14.6. The lowest BCUT2D eigenvalue weighted by Gasteiger charge is -2.22. The number of phosphoric ester groups is 1.